The molecule has 0 saturated heterocycles. The maximum absolute atomic E-state index is 4.58. The highest BCUT2D eigenvalue weighted by Crippen LogP contribution is 2.12. The van der Waals surface area contributed by atoms with Crippen molar-refractivity contribution in [3.8, 4) is 0 Å². The largest absolute Gasteiger partial charge is 0.353 e. The first kappa shape index (κ1) is 14.8. The third-order valence-corrected chi connectivity index (χ3v) is 3.54. The summed E-state index contributed by atoms with van der Waals surface area (Å²) < 4.78 is 1.98. The van der Waals surface area contributed by atoms with Gasteiger partial charge >= 0.3 is 0 Å². The van der Waals surface area contributed by atoms with E-state index in [1.165, 1.54) is 44.2 Å². The lowest BCUT2D eigenvalue weighted by Gasteiger charge is -2.03. The number of hydrogen-bond acceptors (Lipinski definition) is 3. The van der Waals surface area contributed by atoms with Crippen LogP contribution >= 0.6 is 0 Å². The maximum atomic E-state index is 4.58. The molecule has 4 heteroatoms. The van der Waals surface area contributed by atoms with E-state index in [1.807, 2.05) is 10.6 Å². The Labute approximate surface area is 121 Å². The van der Waals surface area contributed by atoms with Gasteiger partial charge in [0, 0.05) is 12.2 Å². The summed E-state index contributed by atoms with van der Waals surface area (Å²) in [5.74, 6) is 0.754. The number of fused-ring (bicyclic) bond motifs is 1. The molecule has 0 bridgehead atoms. The molecular weight excluding hydrogens is 248 g/mol. The molecule has 0 fully saturated rings. The van der Waals surface area contributed by atoms with E-state index in [4.69, 9.17) is 0 Å². The number of aromatic nitrogens is 3. The topological polar surface area (TPSA) is 42.2 Å². The molecule has 2 aromatic rings. The summed E-state index contributed by atoms with van der Waals surface area (Å²) in [6, 6.07) is 6.25. The van der Waals surface area contributed by atoms with Crippen LogP contribution in [0.2, 0.25) is 0 Å². The summed E-state index contributed by atoms with van der Waals surface area (Å²) in [6.45, 7) is 5.40. The van der Waals surface area contributed by atoms with E-state index in [1.54, 1.807) is 0 Å². The number of rotatable bonds is 9. The summed E-state index contributed by atoms with van der Waals surface area (Å²) in [5.41, 5.74) is 2.20. The summed E-state index contributed by atoms with van der Waals surface area (Å²) in [4.78, 5) is 4.54. The lowest BCUT2D eigenvalue weighted by atomic mass is 10.1. The van der Waals surface area contributed by atoms with Gasteiger partial charge in [-0.1, -0.05) is 45.6 Å². The summed E-state index contributed by atoms with van der Waals surface area (Å²) >= 11 is 0. The van der Waals surface area contributed by atoms with Crippen molar-refractivity contribution in [2.75, 3.05) is 11.9 Å². The molecule has 4 nitrogen and oxygen atoms in total. The zero-order chi connectivity index (χ0) is 14.2. The number of anilines is 1. The highest BCUT2D eigenvalue weighted by Gasteiger charge is 2.06. The van der Waals surface area contributed by atoms with Crippen LogP contribution in [0.15, 0.2) is 18.2 Å². The first-order valence-electron chi connectivity index (χ1n) is 7.93. The van der Waals surface area contributed by atoms with E-state index in [9.17, 15) is 0 Å². The molecule has 0 aliphatic rings. The van der Waals surface area contributed by atoms with Gasteiger partial charge in [-0.05, 0) is 31.4 Å². The van der Waals surface area contributed by atoms with E-state index >= 15 is 0 Å². The van der Waals surface area contributed by atoms with Crippen molar-refractivity contribution in [1.82, 2.24) is 14.6 Å². The van der Waals surface area contributed by atoms with Gasteiger partial charge < -0.3 is 5.32 Å². The second kappa shape index (κ2) is 7.88. The molecule has 2 aromatic heterocycles. The van der Waals surface area contributed by atoms with Crippen LogP contribution in [-0.2, 0) is 6.42 Å². The molecule has 0 unspecified atom stereocenters. The van der Waals surface area contributed by atoms with E-state index in [2.05, 4.69) is 41.4 Å². The molecule has 0 atom stereocenters. The fourth-order valence-electron chi connectivity index (χ4n) is 2.35. The smallest absolute Gasteiger partial charge is 0.243 e. The summed E-state index contributed by atoms with van der Waals surface area (Å²) in [5, 5.41) is 7.90. The molecule has 0 aliphatic heterocycles. The number of nitrogens with zero attached hydrogens (tertiary/aromatic N) is 3. The molecule has 1 N–H and O–H groups in total. The van der Waals surface area contributed by atoms with Gasteiger partial charge in [-0.25, -0.2) is 4.52 Å². The number of aryl methyl sites for hydroxylation is 1. The average Bonchev–Trinajstić information content (AvgIpc) is 2.88. The fraction of sp³-hybridized carbons (Fsp3) is 0.625. The number of pyridine rings is 1. The van der Waals surface area contributed by atoms with Crippen LogP contribution in [0.1, 0.15) is 58.1 Å². The molecule has 0 aromatic carbocycles. The minimum absolute atomic E-state index is 0.754. The molecule has 0 saturated carbocycles. The Morgan fingerprint density at radius 1 is 1.05 bits per heavy atom. The molecule has 2 heterocycles. The van der Waals surface area contributed by atoms with Crippen molar-refractivity contribution in [3.05, 3.63) is 23.9 Å². The van der Waals surface area contributed by atoms with Gasteiger partial charge in [0.1, 0.15) is 0 Å². The van der Waals surface area contributed by atoms with E-state index in [0.717, 1.165) is 24.6 Å². The van der Waals surface area contributed by atoms with Crippen LogP contribution in [0.5, 0.6) is 0 Å². The first-order chi connectivity index (χ1) is 9.85. The van der Waals surface area contributed by atoms with Gasteiger partial charge in [0.05, 0.1) is 0 Å². The maximum Gasteiger partial charge on any atom is 0.243 e. The predicted molar refractivity (Wildman–Crippen MR) is 84.2 cm³/mol. The first-order valence-corrected chi connectivity index (χ1v) is 7.93. The summed E-state index contributed by atoms with van der Waals surface area (Å²) in [7, 11) is 0. The second-order valence-corrected chi connectivity index (χ2v) is 5.31. The third kappa shape index (κ3) is 3.95. The van der Waals surface area contributed by atoms with Crippen molar-refractivity contribution in [1.29, 1.82) is 0 Å². The van der Waals surface area contributed by atoms with Crippen molar-refractivity contribution in [3.63, 3.8) is 0 Å². The molecule has 2 rings (SSSR count). The second-order valence-electron chi connectivity index (χ2n) is 5.31. The van der Waals surface area contributed by atoms with E-state index in [0.29, 0.717) is 0 Å². The van der Waals surface area contributed by atoms with Crippen molar-refractivity contribution in [2.24, 2.45) is 0 Å². The Kier molecular flexibility index (Phi) is 5.84. The van der Waals surface area contributed by atoms with Gasteiger partial charge in [0.15, 0.2) is 5.65 Å². The van der Waals surface area contributed by atoms with Crippen LogP contribution in [0.4, 0.5) is 5.95 Å². The zero-order valence-electron chi connectivity index (χ0n) is 12.7. The van der Waals surface area contributed by atoms with Gasteiger partial charge in [0.2, 0.25) is 5.95 Å². The monoisotopic (exact) mass is 274 g/mol. The van der Waals surface area contributed by atoms with Crippen LogP contribution in [0.25, 0.3) is 5.65 Å². The lowest BCUT2D eigenvalue weighted by molar-refractivity contribution is 0.691. The highest BCUT2D eigenvalue weighted by molar-refractivity contribution is 5.44. The van der Waals surface area contributed by atoms with Gasteiger partial charge in [-0.3, -0.25) is 0 Å². The van der Waals surface area contributed by atoms with Crippen molar-refractivity contribution in [2.45, 2.75) is 58.8 Å². The highest BCUT2D eigenvalue weighted by atomic mass is 15.3. The number of hydrogen-bond donors (Lipinski definition) is 1. The van der Waals surface area contributed by atoms with Crippen LogP contribution < -0.4 is 5.32 Å². The molecular formula is C16H26N4. The molecule has 0 radical (unpaired) electrons. The van der Waals surface area contributed by atoms with E-state index in [-0.39, 0.29) is 0 Å². The Morgan fingerprint density at radius 2 is 1.85 bits per heavy atom. The number of unbranched alkanes of at least 4 members (excludes halogenated alkanes) is 4. The molecule has 20 heavy (non-hydrogen) atoms. The minimum Gasteiger partial charge on any atom is -0.353 e. The van der Waals surface area contributed by atoms with Crippen LogP contribution in [-0.4, -0.2) is 21.1 Å². The normalized spacial score (nSPS) is 11.1. The van der Waals surface area contributed by atoms with Crippen LogP contribution in [0, 0.1) is 0 Å². The number of nitrogens with one attached hydrogen (secondary N) is 1. The molecule has 0 amide bonds. The Morgan fingerprint density at radius 3 is 2.65 bits per heavy atom. The van der Waals surface area contributed by atoms with Gasteiger partial charge in [0.25, 0.3) is 0 Å². The average molecular weight is 274 g/mol. The van der Waals surface area contributed by atoms with Crippen molar-refractivity contribution >= 4 is 11.6 Å². The van der Waals surface area contributed by atoms with Crippen LogP contribution in [0.3, 0.4) is 0 Å². The fourth-order valence-corrected chi connectivity index (χ4v) is 2.35. The SMILES string of the molecule is CCCCCNc1nc2cccc(CCCCC)n2n1. The zero-order valence-corrected chi connectivity index (χ0v) is 12.7. The molecule has 0 aliphatic carbocycles. The van der Waals surface area contributed by atoms with E-state index < -0.39 is 0 Å². The quantitative estimate of drug-likeness (QED) is 0.701. The van der Waals surface area contributed by atoms with Crippen molar-refractivity contribution < 1.29 is 0 Å². The third-order valence-electron chi connectivity index (χ3n) is 3.54. The Bertz CT molecular complexity index is 518. The Balaban J connectivity index is 2.02. The lowest BCUT2D eigenvalue weighted by Crippen LogP contribution is -2.03. The summed E-state index contributed by atoms with van der Waals surface area (Å²) in [6.07, 6.45) is 8.48. The minimum atomic E-state index is 0.754. The standard InChI is InChI=1S/C16H26N4/c1-3-5-7-10-14-11-9-12-15-18-16(19-20(14)15)17-13-8-6-4-2/h9,11-12H,3-8,10,13H2,1-2H3,(H,17,19). The molecule has 0 spiro atoms. The van der Waals surface area contributed by atoms with Gasteiger partial charge in [-0.2, -0.15) is 4.98 Å². The predicted octanol–water partition coefficient (Wildman–Crippen LogP) is 4.06. The van der Waals surface area contributed by atoms with Gasteiger partial charge in [-0.15, -0.1) is 5.10 Å². The Hall–Kier alpha value is -1.58. The molecule has 110 valence electrons.